The molecule has 3 rings (SSSR count). The predicted octanol–water partition coefficient (Wildman–Crippen LogP) is 1.89. The van der Waals surface area contributed by atoms with Crippen molar-refractivity contribution in [3.05, 3.63) is 23.9 Å². The molecule has 1 aromatic heterocycles. The quantitative estimate of drug-likeness (QED) is 0.860. The summed E-state index contributed by atoms with van der Waals surface area (Å²) in [4.78, 5) is 8.27. The van der Waals surface area contributed by atoms with Crippen LogP contribution >= 0.6 is 0 Å². The van der Waals surface area contributed by atoms with E-state index in [0.29, 0.717) is 12.4 Å². The van der Waals surface area contributed by atoms with Crippen LogP contribution in [0, 0.1) is 0 Å². The molecule has 1 unspecified atom stereocenters. The smallest absolute Gasteiger partial charge is 0.394 e. The van der Waals surface area contributed by atoms with Crippen molar-refractivity contribution in [1.82, 2.24) is 9.88 Å². The molecular weight excluding hydrogens is 335 g/mol. The van der Waals surface area contributed by atoms with E-state index in [1.54, 1.807) is 0 Å². The number of hydrogen-bond donors (Lipinski definition) is 2. The second-order valence-electron chi connectivity index (χ2n) is 7.00. The average molecular weight is 359 g/mol. The monoisotopic (exact) mass is 359 g/mol. The molecule has 140 valence electrons. The van der Waals surface area contributed by atoms with Gasteiger partial charge in [-0.15, -0.1) is 0 Å². The Bertz CT molecular complexity index is 571. The van der Waals surface area contributed by atoms with Gasteiger partial charge in [0, 0.05) is 31.4 Å². The van der Waals surface area contributed by atoms with Crippen LogP contribution in [0.1, 0.15) is 31.2 Å². The summed E-state index contributed by atoms with van der Waals surface area (Å²) in [5.41, 5.74) is -0.705. The van der Waals surface area contributed by atoms with Gasteiger partial charge in [-0.25, -0.2) is 4.98 Å². The summed E-state index contributed by atoms with van der Waals surface area (Å²) >= 11 is 0. The highest BCUT2D eigenvalue weighted by molar-refractivity contribution is 5.40. The molecule has 0 saturated carbocycles. The molecule has 1 aromatic rings. The van der Waals surface area contributed by atoms with Crippen molar-refractivity contribution < 1.29 is 23.4 Å². The lowest BCUT2D eigenvalue weighted by atomic mass is 9.84. The van der Waals surface area contributed by atoms with Gasteiger partial charge in [-0.05, 0) is 44.4 Å². The number of alkyl halides is 3. The van der Waals surface area contributed by atoms with Crippen LogP contribution in [0.25, 0.3) is 0 Å². The van der Waals surface area contributed by atoms with Crippen molar-refractivity contribution in [3.8, 4) is 0 Å². The highest BCUT2D eigenvalue weighted by Crippen LogP contribution is 2.39. The highest BCUT2D eigenvalue weighted by Gasteiger charge is 2.43. The molecule has 0 aliphatic carbocycles. The first-order chi connectivity index (χ1) is 11.8. The van der Waals surface area contributed by atoms with Gasteiger partial charge in [-0.1, -0.05) is 0 Å². The third-order valence-corrected chi connectivity index (χ3v) is 5.48. The molecule has 2 saturated heterocycles. The van der Waals surface area contributed by atoms with Crippen LogP contribution in [0.5, 0.6) is 0 Å². The maximum absolute atomic E-state index is 12.6. The molecule has 5 nitrogen and oxygen atoms in total. The average Bonchev–Trinajstić information content (AvgIpc) is 2.97. The van der Waals surface area contributed by atoms with Gasteiger partial charge in [0.05, 0.1) is 18.3 Å². The Balaban J connectivity index is 1.63. The van der Waals surface area contributed by atoms with Gasteiger partial charge in [-0.2, -0.15) is 13.2 Å². The Morgan fingerprint density at radius 3 is 2.44 bits per heavy atom. The predicted molar refractivity (Wildman–Crippen MR) is 87.3 cm³/mol. The van der Waals surface area contributed by atoms with Crippen LogP contribution in [-0.4, -0.2) is 64.5 Å². The number of pyridine rings is 1. The number of β-amino-alcohol motifs (C(OH)–C–C–N with tert-alkyl or cyclic N) is 1. The lowest BCUT2D eigenvalue weighted by Gasteiger charge is -2.46. The lowest BCUT2D eigenvalue weighted by Crippen LogP contribution is -2.54. The van der Waals surface area contributed by atoms with E-state index in [-0.39, 0.29) is 12.1 Å². The van der Waals surface area contributed by atoms with Crippen LogP contribution in [0.15, 0.2) is 18.3 Å². The lowest BCUT2D eigenvalue weighted by molar-refractivity contribution is -0.137. The topological polar surface area (TPSA) is 59.8 Å². The first-order valence-electron chi connectivity index (χ1n) is 8.66. The van der Waals surface area contributed by atoms with E-state index in [0.717, 1.165) is 57.6 Å². The molecule has 25 heavy (non-hydrogen) atoms. The second-order valence-corrected chi connectivity index (χ2v) is 7.00. The summed E-state index contributed by atoms with van der Waals surface area (Å²) in [6.07, 6.45) is -0.323. The molecule has 0 bridgehead atoms. The van der Waals surface area contributed by atoms with E-state index < -0.39 is 17.8 Å². The molecule has 1 spiro atoms. The summed E-state index contributed by atoms with van der Waals surface area (Å²) in [7, 11) is 0. The Hall–Kier alpha value is -1.38. The van der Waals surface area contributed by atoms with Crippen LogP contribution in [0.3, 0.4) is 0 Å². The number of rotatable bonds is 4. The first-order valence-corrected chi connectivity index (χ1v) is 8.66. The van der Waals surface area contributed by atoms with Gasteiger partial charge in [0.2, 0.25) is 0 Å². The SMILES string of the molecule is OCC(O)CN1CCCC12CCN(c1ccc(C(F)(F)F)cn1)CC2. The summed E-state index contributed by atoms with van der Waals surface area (Å²) < 4.78 is 37.9. The number of anilines is 1. The zero-order valence-electron chi connectivity index (χ0n) is 14.0. The Labute approximate surface area is 145 Å². The Morgan fingerprint density at radius 1 is 1.16 bits per heavy atom. The molecule has 2 aliphatic heterocycles. The summed E-state index contributed by atoms with van der Waals surface area (Å²) in [6, 6.07) is 2.51. The van der Waals surface area contributed by atoms with Crippen molar-refractivity contribution in [1.29, 1.82) is 0 Å². The van der Waals surface area contributed by atoms with E-state index in [1.165, 1.54) is 6.07 Å². The van der Waals surface area contributed by atoms with Gasteiger partial charge >= 0.3 is 6.18 Å². The molecule has 8 heteroatoms. The summed E-state index contributed by atoms with van der Waals surface area (Å²) in [5, 5.41) is 18.8. The Morgan fingerprint density at radius 2 is 1.88 bits per heavy atom. The zero-order valence-corrected chi connectivity index (χ0v) is 14.0. The van der Waals surface area contributed by atoms with Gasteiger partial charge in [0.1, 0.15) is 5.82 Å². The normalized spacial score (nSPS) is 22.5. The van der Waals surface area contributed by atoms with E-state index in [1.807, 2.05) is 4.90 Å². The van der Waals surface area contributed by atoms with Gasteiger partial charge in [-0.3, -0.25) is 4.90 Å². The molecule has 0 amide bonds. The van der Waals surface area contributed by atoms with E-state index >= 15 is 0 Å². The molecule has 0 radical (unpaired) electrons. The van der Waals surface area contributed by atoms with Crippen molar-refractivity contribution >= 4 is 5.82 Å². The molecule has 0 aromatic carbocycles. The zero-order chi connectivity index (χ0) is 18.1. The number of piperidine rings is 1. The molecule has 1 atom stereocenters. The first kappa shape index (κ1) is 18.4. The number of halogens is 3. The van der Waals surface area contributed by atoms with Gasteiger partial charge in [0.25, 0.3) is 0 Å². The maximum Gasteiger partial charge on any atom is 0.417 e. The van der Waals surface area contributed by atoms with Crippen molar-refractivity contribution in [2.75, 3.05) is 37.7 Å². The van der Waals surface area contributed by atoms with Crippen LogP contribution in [0.4, 0.5) is 19.0 Å². The fourth-order valence-corrected chi connectivity index (χ4v) is 4.05. The fourth-order valence-electron chi connectivity index (χ4n) is 4.05. The number of aromatic nitrogens is 1. The summed E-state index contributed by atoms with van der Waals surface area (Å²) in [6.45, 7) is 2.59. The van der Waals surface area contributed by atoms with Crippen LogP contribution < -0.4 is 4.90 Å². The van der Waals surface area contributed by atoms with Crippen LogP contribution in [-0.2, 0) is 6.18 Å². The van der Waals surface area contributed by atoms with Gasteiger partial charge in [0.15, 0.2) is 0 Å². The van der Waals surface area contributed by atoms with Crippen molar-refractivity contribution in [3.63, 3.8) is 0 Å². The van der Waals surface area contributed by atoms with Crippen LogP contribution in [0.2, 0.25) is 0 Å². The van der Waals surface area contributed by atoms with Crippen molar-refractivity contribution in [2.24, 2.45) is 0 Å². The second kappa shape index (κ2) is 7.09. The van der Waals surface area contributed by atoms with Crippen molar-refractivity contribution in [2.45, 2.75) is 43.5 Å². The molecule has 2 aliphatic rings. The fraction of sp³-hybridized carbons (Fsp3) is 0.706. The number of hydrogen-bond acceptors (Lipinski definition) is 5. The highest BCUT2D eigenvalue weighted by atomic mass is 19.4. The third kappa shape index (κ3) is 3.91. The minimum atomic E-state index is -4.37. The summed E-state index contributed by atoms with van der Waals surface area (Å²) in [5.74, 6) is 0.572. The van der Waals surface area contributed by atoms with Gasteiger partial charge < -0.3 is 15.1 Å². The minimum absolute atomic E-state index is 0.0263. The van der Waals surface area contributed by atoms with E-state index in [9.17, 15) is 18.3 Å². The molecule has 2 N–H and O–H groups in total. The number of nitrogens with zero attached hydrogens (tertiary/aromatic N) is 3. The van der Waals surface area contributed by atoms with E-state index in [2.05, 4.69) is 9.88 Å². The largest absolute Gasteiger partial charge is 0.417 e. The third-order valence-electron chi connectivity index (χ3n) is 5.48. The Kier molecular flexibility index (Phi) is 5.22. The molecule has 2 fully saturated rings. The minimum Gasteiger partial charge on any atom is -0.394 e. The number of likely N-dealkylation sites (tertiary alicyclic amines) is 1. The molecular formula is C17H24F3N3O2. The number of aliphatic hydroxyl groups is 2. The molecule has 3 heterocycles. The number of aliphatic hydroxyl groups excluding tert-OH is 2. The standard InChI is InChI=1S/C17H24F3N3O2/c18-17(19,20)13-2-3-15(21-10-13)22-8-5-16(6-9-22)4-1-7-23(16)11-14(25)12-24/h2-3,10,14,24-25H,1,4-9,11-12H2. The maximum atomic E-state index is 12.6. The van der Waals surface area contributed by atoms with E-state index in [4.69, 9.17) is 5.11 Å².